The number of amides is 2. The van der Waals surface area contributed by atoms with Crippen molar-refractivity contribution in [2.75, 3.05) is 40.3 Å². The number of carbonyl (C=O) groups excluding carboxylic acids is 2. The van der Waals surface area contributed by atoms with Gasteiger partial charge in [-0.05, 0) is 62.1 Å². The quantitative estimate of drug-likeness (QED) is 0.724. The van der Waals surface area contributed by atoms with Gasteiger partial charge in [-0.25, -0.2) is 0 Å². The Morgan fingerprint density at radius 2 is 1.77 bits per heavy atom. The molecule has 1 aromatic carbocycles. The van der Waals surface area contributed by atoms with Crippen LogP contribution in [0.25, 0.3) is 10.1 Å². The lowest BCUT2D eigenvalue weighted by Crippen LogP contribution is -2.48. The Kier molecular flexibility index (Phi) is 6.74. The normalized spacial score (nSPS) is 20.5. The van der Waals surface area contributed by atoms with Crippen molar-refractivity contribution in [3.63, 3.8) is 0 Å². The zero-order valence-corrected chi connectivity index (χ0v) is 19.0. The Labute approximate surface area is 183 Å². The summed E-state index contributed by atoms with van der Waals surface area (Å²) >= 11 is 1.60. The number of piperidine rings is 2. The lowest BCUT2D eigenvalue weighted by molar-refractivity contribution is -0.134. The third kappa shape index (κ3) is 4.54. The van der Waals surface area contributed by atoms with Gasteiger partial charge in [-0.3, -0.25) is 14.5 Å². The molecule has 5 nitrogen and oxygen atoms in total. The summed E-state index contributed by atoms with van der Waals surface area (Å²) in [4.78, 5) is 32.8. The minimum absolute atomic E-state index is 0.0814. The van der Waals surface area contributed by atoms with E-state index in [9.17, 15) is 9.59 Å². The standard InChI is InChI=1S/C24H33N3O2S/c1-25(2)24(29)23-20(19-11-4-5-12-21(19)30-23)16-18-10-6-9-15-27(18)17-22(28)26-13-7-3-8-14-26/h4-5,11-12,18H,3,6-10,13-17H2,1-2H3. The van der Waals surface area contributed by atoms with Gasteiger partial charge in [0.1, 0.15) is 0 Å². The van der Waals surface area contributed by atoms with E-state index in [1.54, 1.807) is 16.2 Å². The molecule has 0 N–H and O–H groups in total. The molecule has 1 aromatic heterocycles. The van der Waals surface area contributed by atoms with E-state index in [-0.39, 0.29) is 11.8 Å². The lowest BCUT2D eigenvalue weighted by atomic mass is 9.93. The zero-order valence-electron chi connectivity index (χ0n) is 18.2. The van der Waals surface area contributed by atoms with Crippen LogP contribution in [0, 0.1) is 0 Å². The van der Waals surface area contributed by atoms with E-state index in [4.69, 9.17) is 0 Å². The number of hydrogen-bond acceptors (Lipinski definition) is 4. The summed E-state index contributed by atoms with van der Waals surface area (Å²) in [6, 6.07) is 8.66. The number of benzene rings is 1. The second-order valence-electron chi connectivity index (χ2n) is 8.87. The van der Waals surface area contributed by atoms with Crippen molar-refractivity contribution in [2.45, 2.75) is 51.0 Å². The second kappa shape index (κ2) is 9.48. The van der Waals surface area contributed by atoms with Gasteiger partial charge in [-0.1, -0.05) is 24.6 Å². The fraction of sp³-hybridized carbons (Fsp3) is 0.583. The Morgan fingerprint density at radius 1 is 1.03 bits per heavy atom. The topological polar surface area (TPSA) is 43.9 Å². The molecule has 0 saturated carbocycles. The smallest absolute Gasteiger partial charge is 0.263 e. The fourth-order valence-corrected chi connectivity index (χ4v) is 6.08. The van der Waals surface area contributed by atoms with Crippen LogP contribution in [0.4, 0.5) is 0 Å². The van der Waals surface area contributed by atoms with Crippen LogP contribution in [-0.4, -0.2) is 72.8 Å². The first-order valence-corrected chi connectivity index (χ1v) is 12.1. The third-order valence-corrected chi connectivity index (χ3v) is 7.74. The molecule has 0 radical (unpaired) electrons. The van der Waals surface area contributed by atoms with E-state index in [2.05, 4.69) is 28.0 Å². The molecule has 0 aliphatic carbocycles. The predicted octanol–water partition coefficient (Wildman–Crippen LogP) is 4.01. The first-order chi connectivity index (χ1) is 14.5. The number of carbonyl (C=O) groups is 2. The maximum absolute atomic E-state index is 12.9. The molecule has 1 unspecified atom stereocenters. The summed E-state index contributed by atoms with van der Waals surface area (Å²) in [5.41, 5.74) is 1.16. The van der Waals surface area contributed by atoms with Crippen molar-refractivity contribution in [1.29, 1.82) is 0 Å². The number of rotatable bonds is 5. The number of thiophene rings is 1. The highest BCUT2D eigenvalue weighted by atomic mass is 32.1. The van der Waals surface area contributed by atoms with Gasteiger partial charge in [0.25, 0.3) is 5.91 Å². The molecule has 3 heterocycles. The minimum atomic E-state index is 0.0814. The van der Waals surface area contributed by atoms with Crippen LogP contribution in [0.15, 0.2) is 24.3 Å². The van der Waals surface area contributed by atoms with Crippen LogP contribution in [0.3, 0.4) is 0 Å². The summed E-state index contributed by atoms with van der Waals surface area (Å²) < 4.78 is 1.17. The summed E-state index contributed by atoms with van der Waals surface area (Å²) in [6.07, 6.45) is 7.77. The highest BCUT2D eigenvalue weighted by Crippen LogP contribution is 2.34. The van der Waals surface area contributed by atoms with Gasteiger partial charge in [-0.2, -0.15) is 0 Å². The molecule has 2 amide bonds. The van der Waals surface area contributed by atoms with Gasteiger partial charge >= 0.3 is 0 Å². The Balaban J connectivity index is 1.57. The monoisotopic (exact) mass is 427 g/mol. The maximum atomic E-state index is 12.9. The number of hydrogen-bond donors (Lipinski definition) is 0. The summed E-state index contributed by atoms with van der Waals surface area (Å²) in [7, 11) is 3.64. The van der Waals surface area contributed by atoms with Crippen LogP contribution in [0.5, 0.6) is 0 Å². The number of fused-ring (bicyclic) bond motifs is 1. The molecule has 0 bridgehead atoms. The Hall–Kier alpha value is -1.92. The average molecular weight is 428 g/mol. The summed E-state index contributed by atoms with van der Waals surface area (Å²) in [5.74, 6) is 0.360. The van der Waals surface area contributed by atoms with E-state index in [0.717, 1.165) is 62.2 Å². The van der Waals surface area contributed by atoms with Crippen molar-refractivity contribution >= 4 is 33.2 Å². The molecule has 162 valence electrons. The molecular weight excluding hydrogens is 394 g/mol. The third-order valence-electron chi connectivity index (χ3n) is 6.53. The van der Waals surface area contributed by atoms with Crippen molar-refractivity contribution in [1.82, 2.24) is 14.7 Å². The lowest BCUT2D eigenvalue weighted by Gasteiger charge is -2.37. The molecule has 2 aliphatic rings. The van der Waals surface area contributed by atoms with Crippen LogP contribution >= 0.6 is 11.3 Å². The summed E-state index contributed by atoms with van der Waals surface area (Å²) in [5, 5.41) is 1.19. The molecule has 4 rings (SSSR count). The van der Waals surface area contributed by atoms with Gasteiger partial charge in [0.05, 0.1) is 11.4 Å². The van der Waals surface area contributed by atoms with E-state index < -0.39 is 0 Å². The molecule has 0 spiro atoms. The van der Waals surface area contributed by atoms with E-state index in [1.807, 2.05) is 20.2 Å². The molecular formula is C24H33N3O2S. The first kappa shape index (κ1) is 21.3. The van der Waals surface area contributed by atoms with Crippen LogP contribution in [-0.2, 0) is 11.2 Å². The predicted molar refractivity (Wildman–Crippen MR) is 123 cm³/mol. The second-order valence-corrected chi connectivity index (χ2v) is 9.92. The molecule has 6 heteroatoms. The van der Waals surface area contributed by atoms with Crippen molar-refractivity contribution in [3.8, 4) is 0 Å². The van der Waals surface area contributed by atoms with Gasteiger partial charge < -0.3 is 9.80 Å². The Bertz CT molecular complexity index is 901. The van der Waals surface area contributed by atoms with Gasteiger partial charge in [0.2, 0.25) is 5.91 Å². The molecule has 2 saturated heterocycles. The molecule has 2 aromatic rings. The van der Waals surface area contributed by atoms with E-state index in [0.29, 0.717) is 12.6 Å². The van der Waals surface area contributed by atoms with Gasteiger partial charge in [0, 0.05) is 37.9 Å². The molecule has 30 heavy (non-hydrogen) atoms. The van der Waals surface area contributed by atoms with E-state index >= 15 is 0 Å². The van der Waals surface area contributed by atoms with Crippen LogP contribution in [0.2, 0.25) is 0 Å². The van der Waals surface area contributed by atoms with Gasteiger partial charge in [-0.15, -0.1) is 11.3 Å². The highest BCUT2D eigenvalue weighted by Gasteiger charge is 2.29. The largest absolute Gasteiger partial charge is 0.344 e. The molecule has 2 fully saturated rings. The number of likely N-dealkylation sites (tertiary alicyclic amines) is 2. The van der Waals surface area contributed by atoms with Crippen molar-refractivity contribution in [2.24, 2.45) is 0 Å². The highest BCUT2D eigenvalue weighted by molar-refractivity contribution is 7.21. The zero-order chi connectivity index (χ0) is 21.1. The molecule has 2 aliphatic heterocycles. The fourth-order valence-electron chi connectivity index (χ4n) is 4.83. The number of nitrogens with zero attached hydrogens (tertiary/aromatic N) is 3. The first-order valence-electron chi connectivity index (χ1n) is 11.3. The maximum Gasteiger partial charge on any atom is 0.263 e. The van der Waals surface area contributed by atoms with Gasteiger partial charge in [0.15, 0.2) is 0 Å². The average Bonchev–Trinajstić information content (AvgIpc) is 3.13. The van der Waals surface area contributed by atoms with Crippen molar-refractivity contribution in [3.05, 3.63) is 34.7 Å². The van der Waals surface area contributed by atoms with E-state index in [1.165, 1.54) is 22.9 Å². The van der Waals surface area contributed by atoms with Crippen LogP contribution in [0.1, 0.15) is 53.8 Å². The SMILES string of the molecule is CN(C)C(=O)c1sc2ccccc2c1CC1CCCCN1CC(=O)N1CCCCC1. The van der Waals surface area contributed by atoms with Crippen molar-refractivity contribution < 1.29 is 9.59 Å². The van der Waals surface area contributed by atoms with Crippen LogP contribution < -0.4 is 0 Å². The summed E-state index contributed by atoms with van der Waals surface area (Å²) in [6.45, 7) is 3.31. The molecule has 1 atom stereocenters. The Morgan fingerprint density at radius 3 is 2.53 bits per heavy atom. The minimum Gasteiger partial charge on any atom is -0.344 e.